The first-order valence-corrected chi connectivity index (χ1v) is 6.43. The van der Waals surface area contributed by atoms with Gasteiger partial charge in [-0.3, -0.25) is 4.90 Å². The second kappa shape index (κ2) is 5.99. The number of rotatable bonds is 5. The summed E-state index contributed by atoms with van der Waals surface area (Å²) in [5.74, 6) is 0.767. The van der Waals surface area contributed by atoms with Crippen LogP contribution >= 0.6 is 0 Å². The first-order valence-electron chi connectivity index (χ1n) is 6.43. The molecule has 1 fully saturated rings. The highest BCUT2D eigenvalue weighted by molar-refractivity contribution is 4.92. The standard InChI is InChI=1S/C13H28N2O/c1-11(2)8-12-9-15(6-7-16-5)13(3,4)10-14-12/h11-12,14H,6-10H2,1-5H3. The lowest BCUT2D eigenvalue weighted by Crippen LogP contribution is -2.62. The third-order valence-corrected chi connectivity index (χ3v) is 3.44. The lowest BCUT2D eigenvalue weighted by Gasteiger charge is -2.46. The van der Waals surface area contributed by atoms with Crippen molar-refractivity contribution in [2.24, 2.45) is 5.92 Å². The van der Waals surface area contributed by atoms with Gasteiger partial charge in [0, 0.05) is 38.3 Å². The Morgan fingerprint density at radius 3 is 2.69 bits per heavy atom. The molecule has 1 N–H and O–H groups in total. The molecule has 0 aromatic heterocycles. The van der Waals surface area contributed by atoms with Crippen molar-refractivity contribution in [3.8, 4) is 0 Å². The molecule has 0 aromatic carbocycles. The Morgan fingerprint density at radius 1 is 1.44 bits per heavy atom. The second-order valence-electron chi connectivity index (χ2n) is 5.96. The van der Waals surface area contributed by atoms with Crippen LogP contribution in [0.2, 0.25) is 0 Å². The Bertz CT molecular complexity index is 204. The average Bonchev–Trinajstić information content (AvgIpc) is 2.18. The molecule has 16 heavy (non-hydrogen) atoms. The molecular weight excluding hydrogens is 200 g/mol. The minimum atomic E-state index is 0.256. The van der Waals surface area contributed by atoms with E-state index in [0.29, 0.717) is 6.04 Å². The third-order valence-electron chi connectivity index (χ3n) is 3.44. The smallest absolute Gasteiger partial charge is 0.0589 e. The Balaban J connectivity index is 2.48. The van der Waals surface area contributed by atoms with Crippen molar-refractivity contribution in [3.05, 3.63) is 0 Å². The molecule has 3 nitrogen and oxygen atoms in total. The number of ether oxygens (including phenoxy) is 1. The molecule has 1 saturated heterocycles. The topological polar surface area (TPSA) is 24.5 Å². The molecular formula is C13H28N2O. The number of nitrogens with one attached hydrogen (secondary N) is 1. The Kier molecular flexibility index (Phi) is 5.22. The fourth-order valence-corrected chi connectivity index (χ4v) is 2.41. The van der Waals surface area contributed by atoms with E-state index in [1.54, 1.807) is 7.11 Å². The van der Waals surface area contributed by atoms with Gasteiger partial charge >= 0.3 is 0 Å². The number of hydrogen-bond donors (Lipinski definition) is 1. The van der Waals surface area contributed by atoms with Crippen molar-refractivity contribution in [1.29, 1.82) is 0 Å². The van der Waals surface area contributed by atoms with E-state index >= 15 is 0 Å². The molecule has 1 rings (SSSR count). The summed E-state index contributed by atoms with van der Waals surface area (Å²) >= 11 is 0. The predicted molar refractivity (Wildman–Crippen MR) is 68.8 cm³/mol. The molecule has 0 amide bonds. The Hall–Kier alpha value is -0.120. The van der Waals surface area contributed by atoms with Crippen molar-refractivity contribution in [2.75, 3.05) is 33.4 Å². The van der Waals surface area contributed by atoms with E-state index in [4.69, 9.17) is 4.74 Å². The van der Waals surface area contributed by atoms with Crippen LogP contribution in [0, 0.1) is 5.92 Å². The zero-order chi connectivity index (χ0) is 12.2. The zero-order valence-corrected chi connectivity index (χ0v) is 11.5. The highest BCUT2D eigenvalue weighted by Crippen LogP contribution is 2.20. The molecule has 1 heterocycles. The summed E-state index contributed by atoms with van der Waals surface area (Å²) in [5.41, 5.74) is 0.256. The van der Waals surface area contributed by atoms with Gasteiger partial charge in [0.25, 0.3) is 0 Å². The van der Waals surface area contributed by atoms with E-state index in [1.165, 1.54) is 6.42 Å². The van der Waals surface area contributed by atoms with Crippen molar-refractivity contribution in [2.45, 2.75) is 45.7 Å². The van der Waals surface area contributed by atoms with Gasteiger partial charge in [0.15, 0.2) is 0 Å². The largest absolute Gasteiger partial charge is 0.383 e. The number of methoxy groups -OCH3 is 1. The lowest BCUT2D eigenvalue weighted by atomic mass is 9.94. The van der Waals surface area contributed by atoms with Crippen LogP contribution in [0.4, 0.5) is 0 Å². The van der Waals surface area contributed by atoms with E-state index in [1.807, 2.05) is 0 Å². The molecule has 0 spiro atoms. The van der Waals surface area contributed by atoms with Gasteiger partial charge in [0.05, 0.1) is 6.61 Å². The number of piperazine rings is 1. The van der Waals surface area contributed by atoms with E-state index in [0.717, 1.165) is 32.2 Å². The molecule has 1 aliphatic heterocycles. The van der Waals surface area contributed by atoms with Crippen LogP contribution in [0.25, 0.3) is 0 Å². The van der Waals surface area contributed by atoms with Gasteiger partial charge in [-0.25, -0.2) is 0 Å². The highest BCUT2D eigenvalue weighted by Gasteiger charge is 2.33. The molecule has 1 aliphatic rings. The summed E-state index contributed by atoms with van der Waals surface area (Å²) in [4.78, 5) is 2.56. The van der Waals surface area contributed by atoms with Crippen LogP contribution in [-0.2, 0) is 4.74 Å². The van der Waals surface area contributed by atoms with Crippen LogP contribution in [-0.4, -0.2) is 49.8 Å². The quantitative estimate of drug-likeness (QED) is 0.775. The van der Waals surface area contributed by atoms with E-state index < -0.39 is 0 Å². The van der Waals surface area contributed by atoms with Gasteiger partial charge in [-0.05, 0) is 26.2 Å². The molecule has 0 aliphatic carbocycles. The monoisotopic (exact) mass is 228 g/mol. The summed E-state index contributed by atoms with van der Waals surface area (Å²) in [6.07, 6.45) is 1.26. The molecule has 0 bridgehead atoms. The molecule has 1 unspecified atom stereocenters. The van der Waals surface area contributed by atoms with Gasteiger partial charge in [0.1, 0.15) is 0 Å². The van der Waals surface area contributed by atoms with Crippen molar-refractivity contribution >= 4 is 0 Å². The molecule has 0 radical (unpaired) electrons. The fourth-order valence-electron chi connectivity index (χ4n) is 2.41. The van der Waals surface area contributed by atoms with Gasteiger partial charge in [-0.15, -0.1) is 0 Å². The maximum Gasteiger partial charge on any atom is 0.0589 e. The Labute approximate surface area is 101 Å². The zero-order valence-electron chi connectivity index (χ0n) is 11.5. The lowest BCUT2D eigenvalue weighted by molar-refractivity contribution is 0.0364. The van der Waals surface area contributed by atoms with Gasteiger partial charge in [0.2, 0.25) is 0 Å². The normalized spacial score (nSPS) is 26.2. The van der Waals surface area contributed by atoms with Gasteiger partial charge in [-0.2, -0.15) is 0 Å². The summed E-state index contributed by atoms with van der Waals surface area (Å²) < 4.78 is 5.19. The second-order valence-corrected chi connectivity index (χ2v) is 5.96. The van der Waals surface area contributed by atoms with E-state index in [9.17, 15) is 0 Å². The molecule has 96 valence electrons. The van der Waals surface area contributed by atoms with Gasteiger partial charge < -0.3 is 10.1 Å². The molecule has 1 atom stereocenters. The van der Waals surface area contributed by atoms with Crippen LogP contribution in [0.5, 0.6) is 0 Å². The third kappa shape index (κ3) is 4.04. The summed E-state index contributed by atoms with van der Waals surface area (Å²) in [6.45, 7) is 13.3. The van der Waals surface area contributed by atoms with Crippen LogP contribution in [0.15, 0.2) is 0 Å². The molecule has 0 aromatic rings. The van der Waals surface area contributed by atoms with Crippen molar-refractivity contribution in [3.63, 3.8) is 0 Å². The van der Waals surface area contributed by atoms with E-state index in [-0.39, 0.29) is 5.54 Å². The average molecular weight is 228 g/mol. The maximum absolute atomic E-state index is 5.19. The van der Waals surface area contributed by atoms with Crippen molar-refractivity contribution < 1.29 is 4.74 Å². The number of hydrogen-bond acceptors (Lipinski definition) is 3. The maximum atomic E-state index is 5.19. The predicted octanol–water partition coefficient (Wildman–Crippen LogP) is 1.73. The summed E-state index contributed by atoms with van der Waals surface area (Å²) in [5, 5.41) is 3.66. The van der Waals surface area contributed by atoms with Crippen LogP contribution < -0.4 is 5.32 Å². The van der Waals surface area contributed by atoms with Crippen LogP contribution in [0.1, 0.15) is 34.1 Å². The number of nitrogens with zero attached hydrogens (tertiary/aromatic N) is 1. The minimum Gasteiger partial charge on any atom is -0.383 e. The molecule has 0 saturated carbocycles. The SMILES string of the molecule is COCCN1CC(CC(C)C)NCC1(C)C. The molecule has 3 heteroatoms. The summed E-state index contributed by atoms with van der Waals surface area (Å²) in [7, 11) is 1.78. The fraction of sp³-hybridized carbons (Fsp3) is 1.00. The van der Waals surface area contributed by atoms with Gasteiger partial charge in [-0.1, -0.05) is 13.8 Å². The van der Waals surface area contributed by atoms with Crippen molar-refractivity contribution in [1.82, 2.24) is 10.2 Å². The first kappa shape index (κ1) is 13.9. The summed E-state index contributed by atoms with van der Waals surface area (Å²) in [6, 6.07) is 0.643. The van der Waals surface area contributed by atoms with E-state index in [2.05, 4.69) is 37.9 Å². The Morgan fingerprint density at radius 2 is 2.12 bits per heavy atom. The minimum absolute atomic E-state index is 0.256. The van der Waals surface area contributed by atoms with Crippen LogP contribution in [0.3, 0.4) is 0 Å². The highest BCUT2D eigenvalue weighted by atomic mass is 16.5. The first-order chi connectivity index (χ1) is 7.45.